The molecule has 0 aliphatic carbocycles. The minimum Gasteiger partial charge on any atom is -0.497 e. The van der Waals surface area contributed by atoms with Crippen molar-refractivity contribution in [1.82, 2.24) is 10.1 Å². The van der Waals surface area contributed by atoms with Gasteiger partial charge in [-0.15, -0.1) is 0 Å². The van der Waals surface area contributed by atoms with Crippen LogP contribution in [-0.2, 0) is 6.54 Å². The number of rotatable bonds is 6. The third-order valence-corrected chi connectivity index (χ3v) is 3.48. The van der Waals surface area contributed by atoms with Gasteiger partial charge in [0.25, 0.3) is 0 Å². The van der Waals surface area contributed by atoms with Crippen LogP contribution in [0.1, 0.15) is 5.89 Å². The highest BCUT2D eigenvalue weighted by molar-refractivity contribution is 5.65. The highest BCUT2D eigenvalue weighted by Gasteiger charge is 2.14. The Balaban J connectivity index is 1.77. The average Bonchev–Trinajstić information content (AvgIpc) is 3.10. The van der Waals surface area contributed by atoms with E-state index >= 15 is 0 Å². The van der Waals surface area contributed by atoms with E-state index in [1.165, 1.54) is 7.11 Å². The molecule has 0 aliphatic rings. The van der Waals surface area contributed by atoms with E-state index in [4.69, 9.17) is 14.0 Å². The van der Waals surface area contributed by atoms with Crippen molar-refractivity contribution in [2.45, 2.75) is 6.54 Å². The molecule has 0 aliphatic heterocycles. The third-order valence-electron chi connectivity index (χ3n) is 3.48. The second-order valence-corrected chi connectivity index (χ2v) is 5.06. The quantitative estimate of drug-likeness (QED) is 0.734. The first-order valence-electron chi connectivity index (χ1n) is 7.34. The van der Waals surface area contributed by atoms with Crippen LogP contribution in [0.15, 0.2) is 40.9 Å². The molecule has 8 heteroatoms. The monoisotopic (exact) mass is 347 g/mol. The summed E-state index contributed by atoms with van der Waals surface area (Å²) in [5.74, 6) is 0.576. The molecule has 0 fully saturated rings. The standard InChI is InChI=1S/C17H15F2N3O3/c1-23-11-4-5-12(15(8-11)24-2)17-21-16(25-22-17)9-20-14-7-10(18)3-6-13(14)19/h3-8,20H,9H2,1-2H3. The summed E-state index contributed by atoms with van der Waals surface area (Å²) < 4.78 is 42.3. The molecule has 1 heterocycles. The fourth-order valence-electron chi connectivity index (χ4n) is 2.22. The fraction of sp³-hybridized carbons (Fsp3) is 0.176. The fourth-order valence-corrected chi connectivity index (χ4v) is 2.22. The van der Waals surface area contributed by atoms with Crippen molar-refractivity contribution in [1.29, 1.82) is 0 Å². The van der Waals surface area contributed by atoms with Gasteiger partial charge in [0.1, 0.15) is 23.1 Å². The molecule has 130 valence electrons. The van der Waals surface area contributed by atoms with Crippen molar-refractivity contribution in [3.8, 4) is 22.9 Å². The topological polar surface area (TPSA) is 69.4 Å². The molecular formula is C17H15F2N3O3. The van der Waals surface area contributed by atoms with Gasteiger partial charge in [0, 0.05) is 6.07 Å². The largest absolute Gasteiger partial charge is 0.497 e. The van der Waals surface area contributed by atoms with E-state index in [1.54, 1.807) is 25.3 Å². The van der Waals surface area contributed by atoms with Crippen LogP contribution in [0, 0.1) is 11.6 Å². The summed E-state index contributed by atoms with van der Waals surface area (Å²) in [6, 6.07) is 8.32. The van der Waals surface area contributed by atoms with Gasteiger partial charge >= 0.3 is 0 Å². The van der Waals surface area contributed by atoms with Crippen LogP contribution in [0.25, 0.3) is 11.4 Å². The van der Waals surface area contributed by atoms with Crippen molar-refractivity contribution >= 4 is 5.69 Å². The predicted molar refractivity (Wildman–Crippen MR) is 86.5 cm³/mol. The molecule has 3 rings (SSSR count). The van der Waals surface area contributed by atoms with Gasteiger partial charge < -0.3 is 19.3 Å². The lowest BCUT2D eigenvalue weighted by molar-refractivity contribution is 0.382. The summed E-state index contributed by atoms with van der Waals surface area (Å²) in [5, 5.41) is 6.61. The highest BCUT2D eigenvalue weighted by atomic mass is 19.1. The number of anilines is 1. The van der Waals surface area contributed by atoms with E-state index in [9.17, 15) is 8.78 Å². The maximum Gasteiger partial charge on any atom is 0.246 e. The van der Waals surface area contributed by atoms with Crippen molar-refractivity contribution < 1.29 is 22.8 Å². The Morgan fingerprint density at radius 2 is 1.92 bits per heavy atom. The van der Waals surface area contributed by atoms with Gasteiger partial charge in [0.05, 0.1) is 32.0 Å². The number of nitrogens with zero attached hydrogens (tertiary/aromatic N) is 2. The number of ether oxygens (including phenoxy) is 2. The number of hydrogen-bond acceptors (Lipinski definition) is 6. The number of aromatic nitrogens is 2. The molecule has 2 aromatic carbocycles. The lowest BCUT2D eigenvalue weighted by atomic mass is 10.2. The molecule has 0 atom stereocenters. The normalized spacial score (nSPS) is 10.6. The van der Waals surface area contributed by atoms with E-state index < -0.39 is 11.6 Å². The molecule has 6 nitrogen and oxygen atoms in total. The van der Waals surface area contributed by atoms with E-state index in [0.717, 1.165) is 18.2 Å². The first-order chi connectivity index (χ1) is 12.1. The van der Waals surface area contributed by atoms with Gasteiger partial charge in [0.2, 0.25) is 11.7 Å². The number of halogens is 2. The van der Waals surface area contributed by atoms with Crippen LogP contribution >= 0.6 is 0 Å². The molecular weight excluding hydrogens is 332 g/mol. The first-order valence-corrected chi connectivity index (χ1v) is 7.34. The Morgan fingerprint density at radius 3 is 2.68 bits per heavy atom. The molecule has 0 radical (unpaired) electrons. The number of benzene rings is 2. The lowest BCUT2D eigenvalue weighted by Crippen LogP contribution is -2.02. The van der Waals surface area contributed by atoms with E-state index in [1.807, 2.05) is 0 Å². The number of hydrogen-bond donors (Lipinski definition) is 1. The molecule has 1 aromatic heterocycles. The van der Waals surface area contributed by atoms with Crippen LogP contribution in [0.4, 0.5) is 14.5 Å². The predicted octanol–water partition coefficient (Wildman–Crippen LogP) is 3.64. The third kappa shape index (κ3) is 3.68. The smallest absolute Gasteiger partial charge is 0.246 e. The van der Waals surface area contributed by atoms with Crippen LogP contribution in [0.3, 0.4) is 0 Å². The second-order valence-electron chi connectivity index (χ2n) is 5.06. The molecule has 3 aromatic rings. The minimum absolute atomic E-state index is 0.0155. The van der Waals surface area contributed by atoms with Gasteiger partial charge in [-0.3, -0.25) is 0 Å². The van der Waals surface area contributed by atoms with Crippen LogP contribution in [0.2, 0.25) is 0 Å². The molecule has 25 heavy (non-hydrogen) atoms. The molecule has 0 amide bonds. The Kier molecular flexibility index (Phi) is 4.78. The van der Waals surface area contributed by atoms with Crippen molar-refractivity contribution in [3.63, 3.8) is 0 Å². The summed E-state index contributed by atoms with van der Waals surface area (Å²) in [7, 11) is 3.08. The van der Waals surface area contributed by atoms with Crippen LogP contribution in [-0.4, -0.2) is 24.4 Å². The molecule has 0 unspecified atom stereocenters. The Labute approximate surface area is 142 Å². The number of methoxy groups -OCH3 is 2. The zero-order valence-electron chi connectivity index (χ0n) is 13.5. The van der Waals surface area contributed by atoms with Gasteiger partial charge in [-0.25, -0.2) is 8.78 Å². The van der Waals surface area contributed by atoms with Gasteiger partial charge in [-0.1, -0.05) is 5.16 Å². The Morgan fingerprint density at radius 1 is 1.08 bits per heavy atom. The SMILES string of the molecule is COc1ccc(-c2noc(CNc3cc(F)ccc3F)n2)c(OC)c1. The Hall–Kier alpha value is -3.16. The maximum atomic E-state index is 13.6. The molecule has 0 saturated carbocycles. The first kappa shape index (κ1) is 16.7. The average molecular weight is 347 g/mol. The molecule has 0 saturated heterocycles. The minimum atomic E-state index is -0.571. The Bertz CT molecular complexity index is 883. The van der Waals surface area contributed by atoms with Gasteiger partial charge in [-0.05, 0) is 30.3 Å². The van der Waals surface area contributed by atoms with Crippen molar-refractivity contribution in [2.75, 3.05) is 19.5 Å². The van der Waals surface area contributed by atoms with Crippen molar-refractivity contribution in [2.24, 2.45) is 0 Å². The van der Waals surface area contributed by atoms with Crippen molar-refractivity contribution in [3.05, 3.63) is 53.9 Å². The number of nitrogens with one attached hydrogen (secondary N) is 1. The summed E-state index contributed by atoms with van der Waals surface area (Å²) in [6.45, 7) is 0.0475. The van der Waals surface area contributed by atoms with Crippen LogP contribution in [0.5, 0.6) is 11.5 Å². The summed E-state index contributed by atoms with van der Waals surface area (Å²) in [4.78, 5) is 4.23. The van der Waals surface area contributed by atoms with Gasteiger partial charge in [-0.2, -0.15) is 4.98 Å². The summed E-state index contributed by atoms with van der Waals surface area (Å²) in [6.07, 6.45) is 0. The summed E-state index contributed by atoms with van der Waals surface area (Å²) >= 11 is 0. The molecule has 1 N–H and O–H groups in total. The second kappa shape index (κ2) is 7.16. The maximum absolute atomic E-state index is 13.6. The van der Waals surface area contributed by atoms with E-state index in [2.05, 4.69) is 15.5 Å². The highest BCUT2D eigenvalue weighted by Crippen LogP contribution is 2.31. The summed E-state index contributed by atoms with van der Waals surface area (Å²) in [5.41, 5.74) is 0.636. The molecule has 0 spiro atoms. The van der Waals surface area contributed by atoms with E-state index in [0.29, 0.717) is 22.9 Å². The lowest BCUT2D eigenvalue weighted by Gasteiger charge is -2.07. The molecule has 0 bridgehead atoms. The zero-order valence-corrected chi connectivity index (χ0v) is 13.5. The van der Waals surface area contributed by atoms with Crippen LogP contribution < -0.4 is 14.8 Å². The zero-order chi connectivity index (χ0) is 17.8. The van der Waals surface area contributed by atoms with Gasteiger partial charge in [0.15, 0.2) is 0 Å². The van der Waals surface area contributed by atoms with E-state index in [-0.39, 0.29) is 18.1 Å².